The van der Waals surface area contributed by atoms with Gasteiger partial charge in [0.15, 0.2) is 0 Å². The maximum absolute atomic E-state index is 12.7. The van der Waals surface area contributed by atoms with Crippen LogP contribution in [0.5, 0.6) is 0 Å². The summed E-state index contributed by atoms with van der Waals surface area (Å²) in [6.45, 7) is 0.548. The van der Waals surface area contributed by atoms with Gasteiger partial charge < -0.3 is 4.90 Å². The van der Waals surface area contributed by atoms with E-state index in [-0.39, 0.29) is 11.7 Å². The number of thioether (sulfide) groups is 1. The van der Waals surface area contributed by atoms with Crippen LogP contribution in [-0.2, 0) is 17.1 Å². The fourth-order valence-electron chi connectivity index (χ4n) is 1.67. The van der Waals surface area contributed by atoms with Gasteiger partial charge in [0.2, 0.25) is 5.91 Å². The number of carbonyl (C=O) groups is 1. The van der Waals surface area contributed by atoms with E-state index in [1.165, 1.54) is 23.9 Å². The van der Waals surface area contributed by atoms with Crippen LogP contribution in [0.4, 0.5) is 4.39 Å². The van der Waals surface area contributed by atoms with Crippen molar-refractivity contribution in [1.29, 1.82) is 0 Å². The molecule has 0 saturated heterocycles. The van der Waals surface area contributed by atoms with E-state index < -0.39 is 0 Å². The molecule has 1 aromatic heterocycles. The molecule has 0 aliphatic heterocycles. The predicted molar refractivity (Wildman–Crippen MR) is 77.6 cm³/mol. The van der Waals surface area contributed by atoms with E-state index in [0.29, 0.717) is 18.1 Å². The number of H-pyrrole nitrogens is 1. The molecule has 1 amide bonds. The number of aromatic nitrogens is 2. The highest BCUT2D eigenvalue weighted by atomic mass is 32.2. The van der Waals surface area contributed by atoms with Gasteiger partial charge in [0, 0.05) is 31.1 Å². The SMILES string of the molecule is CN(Cc1cn[nH]c1)C(=O)CSCc1ccc(F)cc1. The normalized spacial score (nSPS) is 10.5. The second kappa shape index (κ2) is 7.09. The van der Waals surface area contributed by atoms with Gasteiger partial charge in [-0.15, -0.1) is 11.8 Å². The summed E-state index contributed by atoms with van der Waals surface area (Å²) in [4.78, 5) is 13.6. The van der Waals surface area contributed by atoms with Gasteiger partial charge in [-0.25, -0.2) is 4.39 Å². The summed E-state index contributed by atoms with van der Waals surface area (Å²) in [6.07, 6.45) is 3.48. The molecule has 0 unspecified atom stereocenters. The third-order valence-corrected chi connectivity index (χ3v) is 3.80. The zero-order valence-corrected chi connectivity index (χ0v) is 12.0. The first-order valence-corrected chi connectivity index (χ1v) is 7.34. The Hall–Kier alpha value is -1.82. The van der Waals surface area contributed by atoms with Crippen molar-refractivity contribution >= 4 is 17.7 Å². The molecule has 0 spiro atoms. The molecule has 1 N–H and O–H groups in total. The Morgan fingerprint density at radius 1 is 1.35 bits per heavy atom. The van der Waals surface area contributed by atoms with Crippen LogP contribution in [0.2, 0.25) is 0 Å². The lowest BCUT2D eigenvalue weighted by molar-refractivity contribution is -0.127. The Morgan fingerprint density at radius 3 is 2.75 bits per heavy atom. The number of benzene rings is 1. The van der Waals surface area contributed by atoms with E-state index >= 15 is 0 Å². The Balaban J connectivity index is 1.73. The smallest absolute Gasteiger partial charge is 0.232 e. The highest BCUT2D eigenvalue weighted by molar-refractivity contribution is 7.99. The van der Waals surface area contributed by atoms with Crippen molar-refractivity contribution < 1.29 is 9.18 Å². The molecular formula is C14H16FN3OS. The van der Waals surface area contributed by atoms with Gasteiger partial charge in [-0.1, -0.05) is 12.1 Å². The molecule has 2 rings (SSSR count). The van der Waals surface area contributed by atoms with Crippen molar-refractivity contribution in [3.05, 3.63) is 53.6 Å². The van der Waals surface area contributed by atoms with Crippen molar-refractivity contribution in [2.75, 3.05) is 12.8 Å². The molecule has 106 valence electrons. The number of rotatable bonds is 6. The summed E-state index contributed by atoms with van der Waals surface area (Å²) in [5.41, 5.74) is 1.99. The molecule has 0 atom stereocenters. The van der Waals surface area contributed by atoms with Gasteiger partial charge in [-0.2, -0.15) is 5.10 Å². The lowest BCUT2D eigenvalue weighted by Gasteiger charge is -2.15. The van der Waals surface area contributed by atoms with Crippen LogP contribution in [0.1, 0.15) is 11.1 Å². The van der Waals surface area contributed by atoms with Crippen molar-refractivity contribution in [2.24, 2.45) is 0 Å². The van der Waals surface area contributed by atoms with Gasteiger partial charge in [0.05, 0.1) is 11.9 Å². The average molecular weight is 293 g/mol. The molecule has 6 heteroatoms. The number of hydrogen-bond donors (Lipinski definition) is 1. The highest BCUT2D eigenvalue weighted by Gasteiger charge is 2.09. The average Bonchev–Trinajstić information content (AvgIpc) is 2.93. The second-order valence-electron chi connectivity index (χ2n) is 4.48. The molecule has 0 saturated carbocycles. The van der Waals surface area contributed by atoms with E-state index in [2.05, 4.69) is 10.2 Å². The van der Waals surface area contributed by atoms with E-state index in [9.17, 15) is 9.18 Å². The number of aromatic amines is 1. The molecule has 20 heavy (non-hydrogen) atoms. The van der Waals surface area contributed by atoms with Gasteiger partial charge in [-0.3, -0.25) is 9.89 Å². The fraction of sp³-hybridized carbons (Fsp3) is 0.286. The van der Waals surface area contributed by atoms with Gasteiger partial charge in [-0.05, 0) is 17.7 Å². The van der Waals surface area contributed by atoms with Crippen molar-refractivity contribution in [2.45, 2.75) is 12.3 Å². The summed E-state index contributed by atoms with van der Waals surface area (Å²) >= 11 is 1.52. The molecule has 1 heterocycles. The molecule has 1 aromatic carbocycles. The number of halogens is 1. The standard InChI is InChI=1S/C14H16FN3OS/c1-18(8-12-6-16-17-7-12)14(19)10-20-9-11-2-4-13(15)5-3-11/h2-7H,8-10H2,1H3,(H,16,17). The van der Waals surface area contributed by atoms with Crippen LogP contribution in [0.25, 0.3) is 0 Å². The third kappa shape index (κ3) is 4.38. The molecule has 2 aromatic rings. The lowest BCUT2D eigenvalue weighted by atomic mass is 10.2. The van der Waals surface area contributed by atoms with Crippen LogP contribution in [-0.4, -0.2) is 33.8 Å². The van der Waals surface area contributed by atoms with Gasteiger partial charge >= 0.3 is 0 Å². The lowest BCUT2D eigenvalue weighted by Crippen LogP contribution is -2.27. The Kier molecular flexibility index (Phi) is 5.17. The van der Waals surface area contributed by atoms with Crippen LogP contribution < -0.4 is 0 Å². The first-order valence-electron chi connectivity index (χ1n) is 6.19. The Labute approximate surface area is 121 Å². The van der Waals surface area contributed by atoms with Crippen LogP contribution >= 0.6 is 11.8 Å². The first kappa shape index (κ1) is 14.6. The van der Waals surface area contributed by atoms with Crippen LogP contribution in [0.15, 0.2) is 36.7 Å². The maximum atomic E-state index is 12.7. The molecular weight excluding hydrogens is 277 g/mol. The van der Waals surface area contributed by atoms with E-state index in [0.717, 1.165) is 11.1 Å². The summed E-state index contributed by atoms with van der Waals surface area (Å²) in [5, 5.41) is 6.56. The van der Waals surface area contributed by atoms with E-state index in [1.54, 1.807) is 36.5 Å². The molecule has 0 radical (unpaired) electrons. The first-order chi connectivity index (χ1) is 9.65. The molecule has 4 nitrogen and oxygen atoms in total. The minimum absolute atomic E-state index is 0.0679. The van der Waals surface area contributed by atoms with Gasteiger partial charge in [0.25, 0.3) is 0 Å². The van der Waals surface area contributed by atoms with Crippen molar-refractivity contribution in [3.63, 3.8) is 0 Å². The molecule has 0 aliphatic carbocycles. The number of amides is 1. The minimum Gasteiger partial charge on any atom is -0.341 e. The molecule has 0 bridgehead atoms. The number of nitrogens with one attached hydrogen (secondary N) is 1. The van der Waals surface area contributed by atoms with Crippen LogP contribution in [0, 0.1) is 5.82 Å². The Morgan fingerprint density at radius 2 is 2.10 bits per heavy atom. The minimum atomic E-state index is -0.241. The number of carbonyl (C=O) groups excluding carboxylic acids is 1. The zero-order valence-electron chi connectivity index (χ0n) is 11.2. The third-order valence-electron chi connectivity index (χ3n) is 2.81. The summed E-state index contributed by atoms with van der Waals surface area (Å²) in [5.74, 6) is 0.935. The van der Waals surface area contributed by atoms with Crippen molar-refractivity contribution in [1.82, 2.24) is 15.1 Å². The van der Waals surface area contributed by atoms with Gasteiger partial charge in [0.1, 0.15) is 5.82 Å². The highest BCUT2D eigenvalue weighted by Crippen LogP contribution is 2.13. The monoisotopic (exact) mass is 293 g/mol. The largest absolute Gasteiger partial charge is 0.341 e. The number of nitrogens with zero attached hydrogens (tertiary/aromatic N) is 2. The van der Waals surface area contributed by atoms with Crippen LogP contribution in [0.3, 0.4) is 0 Å². The Bertz CT molecular complexity index is 542. The van der Waals surface area contributed by atoms with E-state index in [4.69, 9.17) is 0 Å². The maximum Gasteiger partial charge on any atom is 0.232 e. The number of hydrogen-bond acceptors (Lipinski definition) is 3. The summed E-state index contributed by atoms with van der Waals surface area (Å²) in [7, 11) is 1.77. The van der Waals surface area contributed by atoms with Crippen molar-refractivity contribution in [3.8, 4) is 0 Å². The zero-order chi connectivity index (χ0) is 14.4. The quantitative estimate of drug-likeness (QED) is 0.890. The predicted octanol–water partition coefficient (Wildman–Crippen LogP) is 2.44. The molecule has 0 fully saturated rings. The molecule has 0 aliphatic rings. The summed E-state index contributed by atoms with van der Waals surface area (Å²) < 4.78 is 12.7. The topological polar surface area (TPSA) is 49.0 Å². The fourth-order valence-corrected chi connectivity index (χ4v) is 2.60. The van der Waals surface area contributed by atoms with E-state index in [1.807, 2.05) is 0 Å². The summed E-state index contributed by atoms with van der Waals surface area (Å²) in [6, 6.07) is 6.34. The second-order valence-corrected chi connectivity index (χ2v) is 5.46.